The van der Waals surface area contributed by atoms with Gasteiger partial charge in [-0.25, -0.2) is 4.98 Å². The van der Waals surface area contributed by atoms with Gasteiger partial charge in [0.2, 0.25) is 0 Å². The molecule has 0 spiro atoms. The number of nitrogens with one attached hydrogen (secondary N) is 2. The Hall–Kier alpha value is -3.20. The predicted molar refractivity (Wildman–Crippen MR) is 103 cm³/mol. The summed E-state index contributed by atoms with van der Waals surface area (Å²) in [5.74, 6) is 0.526. The number of carbonyl (C=O) groups excluding carboxylic acids is 1. The SMILES string of the molecule is COc1ccc(CNC(=O)c2csc(Nc3ccc(OC(F)F)cc3)n2)cc1. The van der Waals surface area contributed by atoms with Gasteiger partial charge in [0.05, 0.1) is 7.11 Å². The summed E-state index contributed by atoms with van der Waals surface area (Å²) >= 11 is 1.26. The molecule has 0 unspecified atom stereocenters. The summed E-state index contributed by atoms with van der Waals surface area (Å²) in [6, 6.07) is 13.4. The first-order valence-electron chi connectivity index (χ1n) is 8.22. The van der Waals surface area contributed by atoms with Crippen molar-refractivity contribution in [3.63, 3.8) is 0 Å². The van der Waals surface area contributed by atoms with Crippen LogP contribution in [0, 0.1) is 0 Å². The van der Waals surface area contributed by atoms with Crippen molar-refractivity contribution in [1.82, 2.24) is 10.3 Å². The van der Waals surface area contributed by atoms with Gasteiger partial charge in [0.1, 0.15) is 17.2 Å². The number of ether oxygens (including phenoxy) is 2. The molecule has 3 aromatic rings. The van der Waals surface area contributed by atoms with Gasteiger partial charge < -0.3 is 20.1 Å². The van der Waals surface area contributed by atoms with E-state index in [4.69, 9.17) is 4.74 Å². The molecule has 1 heterocycles. The van der Waals surface area contributed by atoms with E-state index in [0.717, 1.165) is 11.3 Å². The molecule has 0 bridgehead atoms. The number of carbonyl (C=O) groups is 1. The molecule has 0 aliphatic rings. The highest BCUT2D eigenvalue weighted by Gasteiger charge is 2.11. The minimum absolute atomic E-state index is 0.0679. The lowest BCUT2D eigenvalue weighted by Gasteiger charge is -2.06. The number of methoxy groups -OCH3 is 1. The fourth-order valence-corrected chi connectivity index (χ4v) is 3.01. The van der Waals surface area contributed by atoms with Crippen LogP contribution in [0.25, 0.3) is 0 Å². The van der Waals surface area contributed by atoms with Crippen LogP contribution in [-0.2, 0) is 6.54 Å². The van der Waals surface area contributed by atoms with Crippen molar-refractivity contribution in [2.75, 3.05) is 12.4 Å². The molecule has 0 radical (unpaired) electrons. The monoisotopic (exact) mass is 405 g/mol. The first kappa shape index (κ1) is 19.6. The Bertz CT molecular complexity index is 915. The third-order valence-corrected chi connectivity index (χ3v) is 4.44. The van der Waals surface area contributed by atoms with Crippen LogP contribution in [0.3, 0.4) is 0 Å². The number of hydrogen-bond donors (Lipinski definition) is 2. The van der Waals surface area contributed by atoms with Crippen molar-refractivity contribution >= 4 is 28.1 Å². The maximum atomic E-state index is 12.2. The first-order valence-corrected chi connectivity index (χ1v) is 9.10. The van der Waals surface area contributed by atoms with Crippen LogP contribution in [0.15, 0.2) is 53.9 Å². The number of thiazole rings is 1. The molecule has 9 heteroatoms. The van der Waals surface area contributed by atoms with Gasteiger partial charge in [-0.3, -0.25) is 4.79 Å². The van der Waals surface area contributed by atoms with E-state index in [9.17, 15) is 13.6 Å². The highest BCUT2D eigenvalue weighted by atomic mass is 32.1. The number of anilines is 2. The largest absolute Gasteiger partial charge is 0.497 e. The molecule has 28 heavy (non-hydrogen) atoms. The number of benzene rings is 2. The minimum Gasteiger partial charge on any atom is -0.497 e. The second-order valence-corrected chi connectivity index (χ2v) is 6.45. The molecule has 2 aromatic carbocycles. The van der Waals surface area contributed by atoms with Gasteiger partial charge in [-0.1, -0.05) is 12.1 Å². The van der Waals surface area contributed by atoms with E-state index in [1.54, 1.807) is 24.6 Å². The number of aromatic nitrogens is 1. The van der Waals surface area contributed by atoms with Crippen molar-refractivity contribution in [1.29, 1.82) is 0 Å². The molecule has 1 aromatic heterocycles. The van der Waals surface area contributed by atoms with Gasteiger partial charge in [-0.15, -0.1) is 11.3 Å². The van der Waals surface area contributed by atoms with E-state index in [-0.39, 0.29) is 11.7 Å². The van der Waals surface area contributed by atoms with E-state index < -0.39 is 6.61 Å². The van der Waals surface area contributed by atoms with Gasteiger partial charge in [0.15, 0.2) is 5.13 Å². The van der Waals surface area contributed by atoms with Crippen molar-refractivity contribution in [3.8, 4) is 11.5 Å². The Labute approximate surface area is 164 Å². The maximum absolute atomic E-state index is 12.2. The summed E-state index contributed by atoms with van der Waals surface area (Å²) in [6.45, 7) is -2.49. The summed E-state index contributed by atoms with van der Waals surface area (Å²) in [5, 5.41) is 7.97. The number of rotatable bonds is 8. The van der Waals surface area contributed by atoms with Gasteiger partial charge >= 0.3 is 6.61 Å². The van der Waals surface area contributed by atoms with Crippen molar-refractivity contribution in [2.24, 2.45) is 0 Å². The van der Waals surface area contributed by atoms with Gasteiger partial charge in [-0.2, -0.15) is 8.78 Å². The van der Waals surface area contributed by atoms with Gasteiger partial charge in [0.25, 0.3) is 5.91 Å². The van der Waals surface area contributed by atoms with Crippen molar-refractivity contribution < 1.29 is 23.0 Å². The Morgan fingerprint density at radius 2 is 1.79 bits per heavy atom. The van der Waals surface area contributed by atoms with Crippen LogP contribution in [0.4, 0.5) is 19.6 Å². The zero-order chi connectivity index (χ0) is 19.9. The van der Waals surface area contributed by atoms with E-state index >= 15 is 0 Å². The maximum Gasteiger partial charge on any atom is 0.387 e. The second kappa shape index (κ2) is 9.14. The average Bonchev–Trinajstić information content (AvgIpc) is 3.16. The van der Waals surface area contributed by atoms with Crippen LogP contribution in [0.1, 0.15) is 16.1 Å². The van der Waals surface area contributed by atoms with Crippen molar-refractivity contribution in [2.45, 2.75) is 13.2 Å². The summed E-state index contributed by atoms with van der Waals surface area (Å²) < 4.78 is 33.7. The fraction of sp³-hybridized carbons (Fsp3) is 0.158. The minimum atomic E-state index is -2.86. The Kier molecular flexibility index (Phi) is 6.38. The Morgan fingerprint density at radius 3 is 2.43 bits per heavy atom. The fourth-order valence-electron chi connectivity index (χ4n) is 2.29. The average molecular weight is 405 g/mol. The number of amides is 1. The number of nitrogens with zero attached hydrogens (tertiary/aromatic N) is 1. The molecule has 2 N–H and O–H groups in total. The zero-order valence-electron chi connectivity index (χ0n) is 14.8. The molecule has 0 atom stereocenters. The molecule has 3 rings (SSSR count). The molecule has 1 amide bonds. The lowest BCUT2D eigenvalue weighted by Crippen LogP contribution is -2.23. The van der Waals surface area contributed by atoms with Gasteiger partial charge in [0, 0.05) is 17.6 Å². The molecule has 0 aliphatic carbocycles. The second-order valence-electron chi connectivity index (χ2n) is 5.60. The quantitative estimate of drug-likeness (QED) is 0.580. The van der Waals surface area contributed by atoms with Crippen LogP contribution < -0.4 is 20.1 Å². The normalized spacial score (nSPS) is 10.6. The zero-order valence-corrected chi connectivity index (χ0v) is 15.6. The highest BCUT2D eigenvalue weighted by Crippen LogP contribution is 2.23. The highest BCUT2D eigenvalue weighted by molar-refractivity contribution is 7.14. The number of halogens is 2. The molecule has 0 fully saturated rings. The summed E-state index contributed by atoms with van der Waals surface area (Å²) in [4.78, 5) is 16.5. The number of alkyl halides is 2. The van der Waals surface area contributed by atoms with Crippen molar-refractivity contribution in [3.05, 3.63) is 65.2 Å². The third-order valence-electron chi connectivity index (χ3n) is 3.68. The van der Waals surface area contributed by atoms with Crippen LogP contribution in [0.2, 0.25) is 0 Å². The molecular formula is C19H17F2N3O3S. The Balaban J connectivity index is 1.54. The van der Waals surface area contributed by atoms with E-state index in [1.165, 1.54) is 23.5 Å². The molecule has 0 saturated carbocycles. The first-order chi connectivity index (χ1) is 13.5. The smallest absolute Gasteiger partial charge is 0.387 e. The van der Waals surface area contributed by atoms with E-state index in [0.29, 0.717) is 23.1 Å². The standard InChI is InChI=1S/C19H17F2N3O3S/c1-26-14-6-2-12(3-7-14)10-22-17(25)16-11-28-19(24-16)23-13-4-8-15(9-5-13)27-18(20)21/h2-9,11,18H,10H2,1H3,(H,22,25)(H,23,24). The van der Waals surface area contributed by atoms with Gasteiger partial charge in [-0.05, 0) is 42.0 Å². The number of hydrogen-bond acceptors (Lipinski definition) is 6. The predicted octanol–water partition coefficient (Wildman–Crippen LogP) is 4.43. The lowest BCUT2D eigenvalue weighted by atomic mass is 10.2. The van der Waals surface area contributed by atoms with Crippen LogP contribution in [0.5, 0.6) is 11.5 Å². The molecule has 0 saturated heterocycles. The summed E-state index contributed by atoms with van der Waals surface area (Å²) in [5.41, 5.74) is 1.87. The summed E-state index contributed by atoms with van der Waals surface area (Å²) in [7, 11) is 1.59. The third kappa shape index (κ3) is 5.40. The molecule has 0 aliphatic heterocycles. The molecular weight excluding hydrogens is 388 g/mol. The lowest BCUT2D eigenvalue weighted by molar-refractivity contribution is -0.0498. The summed E-state index contributed by atoms with van der Waals surface area (Å²) in [6.07, 6.45) is 0. The van der Waals surface area contributed by atoms with Crippen LogP contribution in [-0.4, -0.2) is 24.6 Å². The van der Waals surface area contributed by atoms with Crippen LogP contribution >= 0.6 is 11.3 Å². The Morgan fingerprint density at radius 1 is 1.11 bits per heavy atom. The van der Waals surface area contributed by atoms with E-state index in [2.05, 4.69) is 20.4 Å². The molecule has 146 valence electrons. The molecule has 6 nitrogen and oxygen atoms in total. The topological polar surface area (TPSA) is 72.5 Å². The van der Waals surface area contributed by atoms with E-state index in [1.807, 2.05) is 24.3 Å².